The summed E-state index contributed by atoms with van der Waals surface area (Å²) in [5, 5.41) is 6.97. The zero-order chi connectivity index (χ0) is 25.7. The van der Waals surface area contributed by atoms with E-state index >= 15 is 0 Å². The molecule has 0 unspecified atom stereocenters. The molecule has 3 aromatic rings. The SMILES string of the molecule is Cc1c(S(=O)(=O)N2CCn3nccc3C2)cc(C(=O)NCc2cccnc2N2CCC(F)(F)C2)n1C. The highest BCUT2D eigenvalue weighted by Crippen LogP contribution is 2.31. The van der Waals surface area contributed by atoms with Gasteiger partial charge in [0.05, 0.1) is 25.3 Å². The molecule has 2 aliphatic heterocycles. The molecule has 192 valence electrons. The van der Waals surface area contributed by atoms with E-state index in [4.69, 9.17) is 0 Å². The van der Waals surface area contributed by atoms with Crippen molar-refractivity contribution in [3.8, 4) is 0 Å². The van der Waals surface area contributed by atoms with Crippen molar-refractivity contribution in [3.63, 3.8) is 0 Å². The van der Waals surface area contributed by atoms with Crippen molar-refractivity contribution < 1.29 is 22.0 Å². The topological polar surface area (TPSA) is 105 Å². The number of hydrogen-bond acceptors (Lipinski definition) is 6. The molecule has 0 aromatic carbocycles. The fourth-order valence-corrected chi connectivity index (χ4v) is 6.37. The van der Waals surface area contributed by atoms with Crippen LogP contribution in [0.1, 0.15) is 33.9 Å². The average Bonchev–Trinajstić information content (AvgIpc) is 3.55. The van der Waals surface area contributed by atoms with E-state index in [-0.39, 0.29) is 43.2 Å². The number of hydrogen-bond donors (Lipinski definition) is 1. The fourth-order valence-electron chi connectivity index (χ4n) is 4.69. The largest absolute Gasteiger partial charge is 0.350 e. The second-order valence-electron chi connectivity index (χ2n) is 9.12. The number of fused-ring (bicyclic) bond motifs is 1. The maximum Gasteiger partial charge on any atom is 0.268 e. The maximum absolute atomic E-state index is 13.7. The van der Waals surface area contributed by atoms with Gasteiger partial charge in [-0.15, -0.1) is 0 Å². The van der Waals surface area contributed by atoms with Gasteiger partial charge < -0.3 is 14.8 Å². The van der Waals surface area contributed by atoms with Crippen molar-refractivity contribution in [1.82, 2.24) is 29.0 Å². The van der Waals surface area contributed by atoms with Crippen molar-refractivity contribution >= 4 is 21.7 Å². The van der Waals surface area contributed by atoms with E-state index in [2.05, 4.69) is 15.4 Å². The molecular formula is C23H27F2N7O3S. The number of pyridine rings is 1. The zero-order valence-electron chi connectivity index (χ0n) is 20.0. The third-order valence-corrected chi connectivity index (χ3v) is 8.78. The van der Waals surface area contributed by atoms with Gasteiger partial charge in [-0.2, -0.15) is 9.40 Å². The van der Waals surface area contributed by atoms with E-state index in [0.29, 0.717) is 23.6 Å². The first-order valence-electron chi connectivity index (χ1n) is 11.6. The predicted octanol–water partition coefficient (Wildman–Crippen LogP) is 1.90. The van der Waals surface area contributed by atoms with E-state index in [9.17, 15) is 22.0 Å². The van der Waals surface area contributed by atoms with Gasteiger partial charge in [0.1, 0.15) is 16.4 Å². The van der Waals surface area contributed by atoms with Crippen molar-refractivity contribution in [2.75, 3.05) is 24.5 Å². The highest BCUT2D eigenvalue weighted by atomic mass is 32.2. The molecule has 5 rings (SSSR count). The Bertz CT molecular complexity index is 1420. The highest BCUT2D eigenvalue weighted by molar-refractivity contribution is 7.89. The van der Waals surface area contributed by atoms with E-state index in [1.54, 1.807) is 47.6 Å². The number of alkyl halides is 2. The Balaban J connectivity index is 1.33. The summed E-state index contributed by atoms with van der Waals surface area (Å²) < 4.78 is 59.0. The van der Waals surface area contributed by atoms with Gasteiger partial charge in [-0.05, 0) is 25.1 Å². The molecule has 1 fully saturated rings. The number of rotatable bonds is 6. The van der Waals surface area contributed by atoms with Crippen molar-refractivity contribution in [2.45, 2.75) is 43.8 Å². The van der Waals surface area contributed by atoms with E-state index in [1.165, 1.54) is 21.5 Å². The van der Waals surface area contributed by atoms with Gasteiger partial charge in [-0.3, -0.25) is 9.48 Å². The van der Waals surface area contributed by atoms with Crippen molar-refractivity contribution in [1.29, 1.82) is 0 Å². The van der Waals surface area contributed by atoms with Crippen LogP contribution in [0.25, 0.3) is 0 Å². The second kappa shape index (κ2) is 8.96. The molecule has 1 N–H and O–H groups in total. The first kappa shape index (κ1) is 24.4. The van der Waals surface area contributed by atoms with Crippen LogP contribution in [0, 0.1) is 6.92 Å². The molecule has 0 spiro atoms. The van der Waals surface area contributed by atoms with Crippen LogP contribution in [0.4, 0.5) is 14.6 Å². The van der Waals surface area contributed by atoms with Crippen LogP contribution >= 0.6 is 0 Å². The van der Waals surface area contributed by atoms with Gasteiger partial charge >= 0.3 is 0 Å². The maximum atomic E-state index is 13.7. The summed E-state index contributed by atoms with van der Waals surface area (Å²) in [5.74, 6) is -2.83. The average molecular weight is 520 g/mol. The number of nitrogens with zero attached hydrogens (tertiary/aromatic N) is 6. The second-order valence-corrected chi connectivity index (χ2v) is 11.0. The normalized spacial score (nSPS) is 17.8. The van der Waals surface area contributed by atoms with E-state index in [0.717, 1.165) is 5.69 Å². The number of halogens is 2. The molecule has 2 aliphatic rings. The quantitative estimate of drug-likeness (QED) is 0.534. The van der Waals surface area contributed by atoms with Gasteiger partial charge in [-0.1, -0.05) is 6.07 Å². The van der Waals surface area contributed by atoms with Crippen molar-refractivity contribution in [3.05, 3.63) is 59.3 Å². The van der Waals surface area contributed by atoms with Crippen LogP contribution in [0.5, 0.6) is 0 Å². The minimum absolute atomic E-state index is 0.0620. The molecule has 3 aromatic heterocycles. The van der Waals surface area contributed by atoms with Gasteiger partial charge in [0.2, 0.25) is 10.0 Å². The Kier molecular flexibility index (Phi) is 6.07. The van der Waals surface area contributed by atoms with Crippen LogP contribution in [-0.4, -0.2) is 63.5 Å². The van der Waals surface area contributed by atoms with Crippen LogP contribution in [0.3, 0.4) is 0 Å². The molecule has 10 nitrogen and oxygen atoms in total. The molecule has 0 radical (unpaired) electrons. The molecule has 0 atom stereocenters. The molecule has 0 bridgehead atoms. The number of carbonyl (C=O) groups is 1. The van der Waals surface area contributed by atoms with E-state index in [1.807, 2.05) is 0 Å². The molecule has 13 heteroatoms. The third-order valence-electron chi connectivity index (χ3n) is 6.82. The Morgan fingerprint density at radius 2 is 2.00 bits per heavy atom. The van der Waals surface area contributed by atoms with Crippen LogP contribution in [0.15, 0.2) is 41.6 Å². The Labute approximate surface area is 207 Å². The van der Waals surface area contributed by atoms with Gasteiger partial charge in [-0.25, -0.2) is 22.2 Å². The van der Waals surface area contributed by atoms with Crippen LogP contribution in [-0.2, 0) is 36.7 Å². The molecule has 36 heavy (non-hydrogen) atoms. The Morgan fingerprint density at radius 1 is 1.19 bits per heavy atom. The smallest absolute Gasteiger partial charge is 0.268 e. The number of amides is 1. The first-order valence-corrected chi connectivity index (χ1v) is 13.0. The number of nitrogens with one attached hydrogen (secondary N) is 1. The molecular weight excluding hydrogens is 492 g/mol. The lowest BCUT2D eigenvalue weighted by molar-refractivity contribution is 0.0256. The summed E-state index contributed by atoms with van der Waals surface area (Å²) in [4.78, 5) is 18.9. The number of anilines is 1. The monoisotopic (exact) mass is 519 g/mol. The number of aromatic nitrogens is 4. The molecule has 1 saturated heterocycles. The standard InChI is InChI=1S/C23H27F2N7O3S/c1-16-20(36(34,35)31-10-11-32-18(14-31)5-8-28-32)12-19(29(16)2)22(33)27-13-17-4-3-7-26-21(17)30-9-6-23(24,25)15-30/h3-5,7-8,12H,6,9-11,13-15H2,1-2H3,(H,27,33). The first-order chi connectivity index (χ1) is 17.1. The fraction of sp³-hybridized carbons (Fsp3) is 0.435. The third kappa shape index (κ3) is 4.37. The summed E-state index contributed by atoms with van der Waals surface area (Å²) >= 11 is 0. The lowest BCUT2D eigenvalue weighted by Crippen LogP contribution is -2.38. The summed E-state index contributed by atoms with van der Waals surface area (Å²) in [6.45, 7) is 2.43. The van der Waals surface area contributed by atoms with Gasteiger partial charge in [0, 0.05) is 56.8 Å². The lowest BCUT2D eigenvalue weighted by Gasteiger charge is -2.26. The molecule has 0 saturated carbocycles. The number of carbonyl (C=O) groups excluding carboxylic acids is 1. The van der Waals surface area contributed by atoms with Crippen LogP contribution in [0.2, 0.25) is 0 Å². The minimum Gasteiger partial charge on any atom is -0.350 e. The molecule has 0 aliphatic carbocycles. The van der Waals surface area contributed by atoms with Crippen LogP contribution < -0.4 is 10.2 Å². The lowest BCUT2D eigenvalue weighted by atomic mass is 10.2. The minimum atomic E-state index is -3.84. The highest BCUT2D eigenvalue weighted by Gasteiger charge is 2.39. The predicted molar refractivity (Wildman–Crippen MR) is 127 cm³/mol. The Morgan fingerprint density at radius 3 is 2.75 bits per heavy atom. The molecule has 1 amide bonds. The summed E-state index contributed by atoms with van der Waals surface area (Å²) in [5.41, 5.74) is 2.04. The zero-order valence-corrected chi connectivity index (χ0v) is 20.8. The van der Waals surface area contributed by atoms with Gasteiger partial charge in [0.15, 0.2) is 0 Å². The molecule has 5 heterocycles. The summed E-state index contributed by atoms with van der Waals surface area (Å²) in [7, 11) is -2.21. The Hall–Kier alpha value is -3.32. The summed E-state index contributed by atoms with van der Waals surface area (Å²) in [6, 6.07) is 6.58. The number of sulfonamides is 1. The summed E-state index contributed by atoms with van der Waals surface area (Å²) in [6.07, 6.45) is 2.93. The van der Waals surface area contributed by atoms with E-state index < -0.39 is 28.4 Å². The van der Waals surface area contributed by atoms with Crippen molar-refractivity contribution in [2.24, 2.45) is 7.05 Å². The van der Waals surface area contributed by atoms with Gasteiger partial charge in [0.25, 0.3) is 11.8 Å².